The van der Waals surface area contributed by atoms with Crippen LogP contribution in [-0.4, -0.2) is 6.61 Å². The zero-order chi connectivity index (χ0) is 7.68. The van der Waals surface area contributed by atoms with Crippen LogP contribution in [0.25, 0.3) is 0 Å². The van der Waals surface area contributed by atoms with Crippen LogP contribution < -0.4 is 0 Å². The van der Waals surface area contributed by atoms with Crippen molar-refractivity contribution in [2.45, 2.75) is 6.10 Å². The Balaban J connectivity index is 2.35. The van der Waals surface area contributed by atoms with Gasteiger partial charge in [-0.15, -0.1) is 6.42 Å². The molecule has 1 aliphatic heterocycles. The number of epoxide rings is 1. The molecule has 2 rings (SSSR count). The number of terminal acetylenes is 1. The Hall–Kier alpha value is -1.26. The lowest BCUT2D eigenvalue weighted by Gasteiger charge is -1.94. The molecule has 11 heavy (non-hydrogen) atoms. The molecule has 1 heteroatoms. The molecule has 0 amide bonds. The second-order valence-corrected chi connectivity index (χ2v) is 2.59. The predicted octanol–water partition coefficient (Wildman–Crippen LogP) is 1.74. The minimum absolute atomic E-state index is 0.309. The minimum Gasteiger partial charge on any atom is -0.368 e. The molecule has 54 valence electrons. The molecule has 1 unspecified atom stereocenters. The summed E-state index contributed by atoms with van der Waals surface area (Å²) < 4.78 is 5.13. The van der Waals surface area contributed by atoms with E-state index in [1.54, 1.807) is 0 Å². The first-order valence-electron chi connectivity index (χ1n) is 3.58. The van der Waals surface area contributed by atoms with Crippen LogP contribution in [0.1, 0.15) is 17.2 Å². The fourth-order valence-electron chi connectivity index (χ4n) is 1.07. The molecular formula is C10H8O. The maximum Gasteiger partial charge on any atom is 0.106 e. The van der Waals surface area contributed by atoms with Crippen molar-refractivity contribution in [2.24, 2.45) is 0 Å². The van der Waals surface area contributed by atoms with Crippen LogP contribution in [0.15, 0.2) is 24.3 Å². The molecular weight excluding hydrogens is 136 g/mol. The van der Waals surface area contributed by atoms with Crippen molar-refractivity contribution in [3.05, 3.63) is 35.4 Å². The van der Waals surface area contributed by atoms with Crippen LogP contribution in [0.4, 0.5) is 0 Å². The third-order valence-electron chi connectivity index (χ3n) is 1.76. The normalized spacial score (nSPS) is 20.8. The number of benzene rings is 1. The molecule has 1 nitrogen and oxygen atoms in total. The van der Waals surface area contributed by atoms with E-state index in [4.69, 9.17) is 11.2 Å². The van der Waals surface area contributed by atoms with E-state index in [0.717, 1.165) is 12.2 Å². The van der Waals surface area contributed by atoms with Gasteiger partial charge in [0.15, 0.2) is 0 Å². The second kappa shape index (κ2) is 2.41. The van der Waals surface area contributed by atoms with Crippen molar-refractivity contribution in [2.75, 3.05) is 6.61 Å². The standard InChI is InChI=1S/C10H8O/c1-2-8-4-3-5-9(6-8)10-7-11-10/h1,3-6,10H,7H2. The van der Waals surface area contributed by atoms with Gasteiger partial charge in [-0.05, 0) is 17.7 Å². The summed E-state index contributed by atoms with van der Waals surface area (Å²) in [6.45, 7) is 0.841. The van der Waals surface area contributed by atoms with Crippen LogP contribution in [0.3, 0.4) is 0 Å². The monoisotopic (exact) mass is 144 g/mol. The highest BCUT2D eigenvalue weighted by Gasteiger charge is 2.24. The highest BCUT2D eigenvalue weighted by Crippen LogP contribution is 2.29. The lowest BCUT2D eigenvalue weighted by Crippen LogP contribution is -1.81. The molecule has 0 radical (unpaired) electrons. The molecule has 1 atom stereocenters. The molecule has 1 aromatic carbocycles. The van der Waals surface area contributed by atoms with E-state index < -0.39 is 0 Å². The Morgan fingerprint density at radius 2 is 2.36 bits per heavy atom. The minimum atomic E-state index is 0.309. The lowest BCUT2D eigenvalue weighted by atomic mass is 10.1. The average molecular weight is 144 g/mol. The first kappa shape index (κ1) is 6.45. The summed E-state index contributed by atoms with van der Waals surface area (Å²) >= 11 is 0. The first-order chi connectivity index (χ1) is 5.40. The lowest BCUT2D eigenvalue weighted by molar-refractivity contribution is 0.415. The number of rotatable bonds is 1. The van der Waals surface area contributed by atoms with Gasteiger partial charge in [0.25, 0.3) is 0 Å². The van der Waals surface area contributed by atoms with E-state index in [9.17, 15) is 0 Å². The topological polar surface area (TPSA) is 12.5 Å². The van der Waals surface area contributed by atoms with Crippen LogP contribution in [-0.2, 0) is 4.74 Å². The van der Waals surface area contributed by atoms with Crippen LogP contribution in [0.2, 0.25) is 0 Å². The second-order valence-electron chi connectivity index (χ2n) is 2.59. The molecule has 0 bridgehead atoms. The van der Waals surface area contributed by atoms with Gasteiger partial charge in [-0.2, -0.15) is 0 Å². The van der Waals surface area contributed by atoms with E-state index in [2.05, 4.69) is 5.92 Å². The van der Waals surface area contributed by atoms with Crippen molar-refractivity contribution in [1.82, 2.24) is 0 Å². The van der Waals surface area contributed by atoms with E-state index in [-0.39, 0.29) is 0 Å². The molecule has 0 aliphatic carbocycles. The fourth-order valence-corrected chi connectivity index (χ4v) is 1.07. The highest BCUT2D eigenvalue weighted by molar-refractivity contribution is 5.36. The van der Waals surface area contributed by atoms with Crippen molar-refractivity contribution in [1.29, 1.82) is 0 Å². The van der Waals surface area contributed by atoms with E-state index in [1.165, 1.54) is 5.56 Å². The molecule has 1 aliphatic rings. The van der Waals surface area contributed by atoms with Crippen molar-refractivity contribution < 1.29 is 4.74 Å². The Labute approximate surface area is 66.0 Å². The zero-order valence-electron chi connectivity index (χ0n) is 6.08. The summed E-state index contributed by atoms with van der Waals surface area (Å²) in [4.78, 5) is 0. The van der Waals surface area contributed by atoms with Crippen LogP contribution >= 0.6 is 0 Å². The van der Waals surface area contributed by atoms with Gasteiger partial charge in [-0.25, -0.2) is 0 Å². The summed E-state index contributed by atoms with van der Waals surface area (Å²) in [5, 5.41) is 0. The average Bonchev–Trinajstić information content (AvgIpc) is 2.87. The van der Waals surface area contributed by atoms with Crippen LogP contribution in [0.5, 0.6) is 0 Å². The maximum absolute atomic E-state index is 5.25. The summed E-state index contributed by atoms with van der Waals surface area (Å²) in [6.07, 6.45) is 5.56. The van der Waals surface area contributed by atoms with Gasteiger partial charge in [-0.1, -0.05) is 18.1 Å². The summed E-state index contributed by atoms with van der Waals surface area (Å²) in [7, 11) is 0. The molecule has 1 aromatic rings. The van der Waals surface area contributed by atoms with E-state index in [1.807, 2.05) is 24.3 Å². The summed E-state index contributed by atoms with van der Waals surface area (Å²) in [5.41, 5.74) is 2.12. The summed E-state index contributed by atoms with van der Waals surface area (Å²) in [5.74, 6) is 2.59. The van der Waals surface area contributed by atoms with Crippen molar-refractivity contribution >= 4 is 0 Å². The Morgan fingerprint density at radius 1 is 1.55 bits per heavy atom. The van der Waals surface area contributed by atoms with Gasteiger partial charge in [0.2, 0.25) is 0 Å². The Bertz CT molecular complexity index is 305. The first-order valence-corrected chi connectivity index (χ1v) is 3.58. The van der Waals surface area contributed by atoms with E-state index >= 15 is 0 Å². The van der Waals surface area contributed by atoms with Crippen LogP contribution in [0, 0.1) is 12.3 Å². The Morgan fingerprint density at radius 3 is 3.00 bits per heavy atom. The number of hydrogen-bond donors (Lipinski definition) is 0. The van der Waals surface area contributed by atoms with Gasteiger partial charge in [-0.3, -0.25) is 0 Å². The molecule has 0 N–H and O–H groups in total. The van der Waals surface area contributed by atoms with Crippen molar-refractivity contribution in [3.8, 4) is 12.3 Å². The molecule has 0 aromatic heterocycles. The van der Waals surface area contributed by atoms with Gasteiger partial charge < -0.3 is 4.74 Å². The molecule has 1 heterocycles. The molecule has 0 saturated carbocycles. The highest BCUT2D eigenvalue weighted by atomic mass is 16.6. The molecule has 1 fully saturated rings. The third kappa shape index (κ3) is 1.26. The SMILES string of the molecule is C#Cc1cccc(C2CO2)c1. The third-order valence-corrected chi connectivity index (χ3v) is 1.76. The van der Waals surface area contributed by atoms with E-state index in [0.29, 0.717) is 6.10 Å². The molecule has 0 spiro atoms. The predicted molar refractivity (Wildman–Crippen MR) is 43.1 cm³/mol. The quantitative estimate of drug-likeness (QED) is 0.432. The van der Waals surface area contributed by atoms with Gasteiger partial charge in [0.05, 0.1) is 6.61 Å². The number of hydrogen-bond acceptors (Lipinski definition) is 1. The van der Waals surface area contributed by atoms with Gasteiger partial charge >= 0.3 is 0 Å². The fraction of sp³-hybridized carbons (Fsp3) is 0.200. The number of ether oxygens (including phenoxy) is 1. The van der Waals surface area contributed by atoms with Crippen molar-refractivity contribution in [3.63, 3.8) is 0 Å². The zero-order valence-corrected chi connectivity index (χ0v) is 6.08. The van der Waals surface area contributed by atoms with Gasteiger partial charge in [0, 0.05) is 5.56 Å². The molecule has 1 saturated heterocycles. The summed E-state index contributed by atoms with van der Waals surface area (Å²) in [6, 6.07) is 7.92. The Kier molecular flexibility index (Phi) is 1.41. The largest absolute Gasteiger partial charge is 0.368 e. The maximum atomic E-state index is 5.25. The smallest absolute Gasteiger partial charge is 0.106 e. The van der Waals surface area contributed by atoms with Gasteiger partial charge in [0.1, 0.15) is 6.10 Å².